The lowest BCUT2D eigenvalue weighted by atomic mass is 9.56. The number of pyridine rings is 1. The number of hydrogen-bond donors (Lipinski definition) is 2. The van der Waals surface area contributed by atoms with Crippen molar-refractivity contribution in [3.8, 4) is 0 Å². The van der Waals surface area contributed by atoms with Gasteiger partial charge in [-0.1, -0.05) is 0 Å². The Morgan fingerprint density at radius 2 is 2.09 bits per heavy atom. The number of carboxylic acid groups (broad SMARTS) is 1. The van der Waals surface area contributed by atoms with E-state index >= 15 is 0 Å². The second-order valence-electron chi connectivity index (χ2n) is 6.83. The number of fused-ring (bicyclic) bond motifs is 1. The molecular weight excluding hydrogens is 282 g/mol. The van der Waals surface area contributed by atoms with E-state index < -0.39 is 12.2 Å². The van der Waals surface area contributed by atoms with Gasteiger partial charge in [0.1, 0.15) is 5.65 Å². The van der Waals surface area contributed by atoms with E-state index in [0.717, 1.165) is 23.9 Å². The lowest BCUT2D eigenvalue weighted by molar-refractivity contribution is -0.115. The van der Waals surface area contributed by atoms with Crippen LogP contribution in [0.15, 0.2) is 24.4 Å². The maximum Gasteiger partial charge on any atom is 0.407 e. The first kappa shape index (κ1) is 13.6. The van der Waals surface area contributed by atoms with Gasteiger partial charge in [-0.15, -0.1) is 0 Å². The Kier molecular flexibility index (Phi) is 2.75. The van der Waals surface area contributed by atoms with Gasteiger partial charge in [-0.3, -0.25) is 0 Å². The molecule has 1 atom stereocenters. The number of carbonyl (C=O) groups is 1. The molecule has 6 heteroatoms. The van der Waals surface area contributed by atoms with Gasteiger partial charge in [-0.05, 0) is 37.0 Å². The Hall–Kier alpha value is -2.08. The monoisotopic (exact) mass is 301 g/mol. The summed E-state index contributed by atoms with van der Waals surface area (Å²) in [5.41, 5.74) is 1.70. The van der Waals surface area contributed by atoms with Gasteiger partial charge in [0, 0.05) is 37.1 Å². The highest BCUT2D eigenvalue weighted by molar-refractivity contribution is 5.76. The first-order chi connectivity index (χ1) is 10.5. The second kappa shape index (κ2) is 4.46. The molecule has 1 unspecified atom stereocenters. The molecule has 3 heterocycles. The molecule has 0 radical (unpaired) electrons. The van der Waals surface area contributed by atoms with Crippen molar-refractivity contribution in [2.24, 2.45) is 18.4 Å². The molecule has 116 valence electrons. The quantitative estimate of drug-likeness (QED) is 0.889. The molecule has 0 aromatic carbocycles. The Labute approximate surface area is 128 Å². The predicted octanol–water partition coefficient (Wildman–Crippen LogP) is 2.00. The van der Waals surface area contributed by atoms with Crippen LogP contribution in [-0.4, -0.2) is 43.8 Å². The van der Waals surface area contributed by atoms with Gasteiger partial charge in [0.2, 0.25) is 0 Å². The zero-order chi connectivity index (χ0) is 15.5. The Bertz CT molecular complexity index is 740. The Balaban J connectivity index is 1.45. The average Bonchev–Trinajstić information content (AvgIpc) is 2.76. The van der Waals surface area contributed by atoms with Crippen LogP contribution >= 0.6 is 0 Å². The van der Waals surface area contributed by atoms with Crippen LogP contribution in [-0.2, 0) is 7.05 Å². The molecule has 1 saturated heterocycles. The average molecular weight is 301 g/mol. The van der Waals surface area contributed by atoms with Crippen LogP contribution in [0, 0.1) is 11.3 Å². The fraction of sp³-hybridized carbons (Fsp3) is 0.500. The van der Waals surface area contributed by atoms with Crippen LogP contribution in [0.25, 0.3) is 11.0 Å². The van der Waals surface area contributed by atoms with Gasteiger partial charge in [0.25, 0.3) is 0 Å². The molecule has 2 fully saturated rings. The van der Waals surface area contributed by atoms with Gasteiger partial charge >= 0.3 is 6.09 Å². The van der Waals surface area contributed by atoms with Crippen LogP contribution in [0.3, 0.4) is 0 Å². The van der Waals surface area contributed by atoms with Crippen LogP contribution in [0.1, 0.15) is 24.6 Å². The number of likely N-dealkylation sites (tertiary alicyclic amines) is 1. The highest BCUT2D eigenvalue weighted by Gasteiger charge is 2.55. The number of aromatic nitrogens is 2. The number of amides is 1. The topological polar surface area (TPSA) is 78.6 Å². The summed E-state index contributed by atoms with van der Waals surface area (Å²) in [6.07, 6.45) is 2.31. The molecule has 1 aliphatic heterocycles. The van der Waals surface area contributed by atoms with E-state index in [0.29, 0.717) is 18.8 Å². The molecule has 2 aromatic heterocycles. The first-order valence-electron chi connectivity index (χ1n) is 7.55. The van der Waals surface area contributed by atoms with Crippen LogP contribution in [0.2, 0.25) is 0 Å². The fourth-order valence-corrected chi connectivity index (χ4v) is 3.99. The van der Waals surface area contributed by atoms with Crippen molar-refractivity contribution >= 4 is 17.1 Å². The molecule has 2 N–H and O–H groups in total. The normalized spacial score (nSPS) is 21.6. The van der Waals surface area contributed by atoms with Crippen molar-refractivity contribution in [2.75, 3.05) is 13.1 Å². The molecule has 1 spiro atoms. The van der Waals surface area contributed by atoms with Crippen molar-refractivity contribution in [2.45, 2.75) is 18.9 Å². The third-order valence-electron chi connectivity index (χ3n) is 5.20. The van der Waals surface area contributed by atoms with Gasteiger partial charge in [-0.2, -0.15) is 0 Å². The highest BCUT2D eigenvalue weighted by atomic mass is 16.4. The van der Waals surface area contributed by atoms with E-state index in [9.17, 15) is 9.90 Å². The minimum atomic E-state index is -0.842. The summed E-state index contributed by atoms with van der Waals surface area (Å²) in [5.74, 6) is 0.182. The van der Waals surface area contributed by atoms with Crippen LogP contribution < -0.4 is 0 Å². The van der Waals surface area contributed by atoms with Crippen molar-refractivity contribution in [1.82, 2.24) is 14.5 Å². The Morgan fingerprint density at radius 3 is 2.77 bits per heavy atom. The van der Waals surface area contributed by atoms with E-state index in [1.54, 1.807) is 0 Å². The van der Waals surface area contributed by atoms with E-state index in [1.807, 2.05) is 36.0 Å². The maximum atomic E-state index is 10.8. The summed E-state index contributed by atoms with van der Waals surface area (Å²) < 4.78 is 1.95. The van der Waals surface area contributed by atoms with Crippen molar-refractivity contribution < 1.29 is 15.0 Å². The maximum absolute atomic E-state index is 10.8. The van der Waals surface area contributed by atoms with Crippen molar-refractivity contribution in [3.63, 3.8) is 0 Å². The number of aliphatic hydroxyl groups excluding tert-OH is 1. The zero-order valence-electron chi connectivity index (χ0n) is 12.4. The zero-order valence-corrected chi connectivity index (χ0v) is 12.4. The standard InChI is InChI=1S/C16H19N3O3/c1-18-5-4-10-2-3-12(17-14(10)18)13(20)11-6-16(7-11)8-19(9-16)15(21)22/h2-5,11,13,20H,6-9H2,1H3,(H,21,22). The lowest BCUT2D eigenvalue weighted by Gasteiger charge is -2.59. The molecule has 0 bridgehead atoms. The van der Waals surface area contributed by atoms with E-state index in [4.69, 9.17) is 5.11 Å². The molecule has 1 amide bonds. The molecule has 2 aliphatic rings. The van der Waals surface area contributed by atoms with Crippen LogP contribution in [0.4, 0.5) is 4.79 Å². The number of hydrogen-bond acceptors (Lipinski definition) is 3. The summed E-state index contributed by atoms with van der Waals surface area (Å²) >= 11 is 0. The van der Waals surface area contributed by atoms with E-state index in [-0.39, 0.29) is 11.3 Å². The minimum Gasteiger partial charge on any atom is -0.465 e. The van der Waals surface area contributed by atoms with Gasteiger partial charge < -0.3 is 19.7 Å². The third kappa shape index (κ3) is 1.90. The number of nitrogens with zero attached hydrogens (tertiary/aromatic N) is 3. The van der Waals surface area contributed by atoms with E-state index in [2.05, 4.69) is 4.98 Å². The van der Waals surface area contributed by atoms with Crippen molar-refractivity contribution in [1.29, 1.82) is 0 Å². The molecular formula is C16H19N3O3. The largest absolute Gasteiger partial charge is 0.465 e. The fourth-order valence-electron chi connectivity index (χ4n) is 3.99. The Morgan fingerprint density at radius 1 is 1.36 bits per heavy atom. The molecule has 22 heavy (non-hydrogen) atoms. The summed E-state index contributed by atoms with van der Waals surface area (Å²) in [5, 5.41) is 20.5. The SMILES string of the molecule is Cn1ccc2ccc(C(O)C3CC4(C3)CN(C(=O)O)C4)nc21. The van der Waals surface area contributed by atoms with Gasteiger partial charge in [0.15, 0.2) is 0 Å². The molecule has 1 aliphatic carbocycles. The summed E-state index contributed by atoms with van der Waals surface area (Å²) in [4.78, 5) is 16.9. The molecule has 4 rings (SSSR count). The first-order valence-corrected chi connectivity index (χ1v) is 7.55. The van der Waals surface area contributed by atoms with Crippen molar-refractivity contribution in [3.05, 3.63) is 30.1 Å². The number of aliphatic hydroxyl groups is 1. The summed E-state index contributed by atoms with van der Waals surface area (Å²) in [6, 6.07) is 5.89. The third-order valence-corrected chi connectivity index (χ3v) is 5.20. The number of rotatable bonds is 2. The molecule has 2 aromatic rings. The summed E-state index contributed by atoms with van der Waals surface area (Å²) in [6.45, 7) is 1.21. The second-order valence-corrected chi connectivity index (χ2v) is 6.83. The molecule has 6 nitrogen and oxygen atoms in total. The lowest BCUT2D eigenvalue weighted by Crippen LogP contribution is -2.64. The van der Waals surface area contributed by atoms with E-state index in [1.165, 1.54) is 4.90 Å². The smallest absolute Gasteiger partial charge is 0.407 e. The minimum absolute atomic E-state index is 0.110. The van der Waals surface area contributed by atoms with Gasteiger partial charge in [-0.25, -0.2) is 9.78 Å². The highest BCUT2D eigenvalue weighted by Crippen LogP contribution is 2.55. The predicted molar refractivity (Wildman–Crippen MR) is 80.4 cm³/mol. The molecule has 1 saturated carbocycles. The van der Waals surface area contributed by atoms with Gasteiger partial charge in [0.05, 0.1) is 11.8 Å². The summed E-state index contributed by atoms with van der Waals surface area (Å²) in [7, 11) is 1.94. The van der Waals surface area contributed by atoms with Crippen LogP contribution in [0.5, 0.6) is 0 Å². The number of aryl methyl sites for hydroxylation is 1.